The van der Waals surface area contributed by atoms with Crippen molar-refractivity contribution in [3.8, 4) is 5.75 Å². The van der Waals surface area contributed by atoms with Crippen molar-refractivity contribution in [3.63, 3.8) is 0 Å². The second-order valence-electron chi connectivity index (χ2n) is 5.70. The Morgan fingerprint density at radius 2 is 2.13 bits per heavy atom. The zero-order chi connectivity index (χ0) is 16.6. The highest BCUT2D eigenvalue weighted by Crippen LogP contribution is 2.41. The first-order valence-electron chi connectivity index (χ1n) is 7.39. The van der Waals surface area contributed by atoms with Crippen LogP contribution in [-0.2, 0) is 6.54 Å². The van der Waals surface area contributed by atoms with Gasteiger partial charge >= 0.3 is 0 Å². The number of aryl methyl sites for hydroxylation is 1. The monoisotopic (exact) mass is 369 g/mol. The van der Waals surface area contributed by atoms with E-state index in [1.807, 2.05) is 13.1 Å². The molecular formula is C16H17Cl2N3OS. The molecule has 1 unspecified atom stereocenters. The summed E-state index contributed by atoms with van der Waals surface area (Å²) < 4.78 is 2.10. The van der Waals surface area contributed by atoms with E-state index in [4.69, 9.17) is 35.4 Å². The smallest absolute Gasteiger partial charge is 0.120 e. The van der Waals surface area contributed by atoms with Crippen LogP contribution in [-0.4, -0.2) is 37.6 Å². The first-order chi connectivity index (χ1) is 11.0. The lowest BCUT2D eigenvalue weighted by atomic mass is 9.97. The van der Waals surface area contributed by atoms with Crippen molar-refractivity contribution in [2.45, 2.75) is 25.8 Å². The topological polar surface area (TPSA) is 41.3 Å². The van der Waals surface area contributed by atoms with Crippen molar-refractivity contribution in [1.29, 1.82) is 0 Å². The summed E-state index contributed by atoms with van der Waals surface area (Å²) in [6, 6.07) is 3.19. The number of hydrogen-bond acceptors (Lipinski definition) is 3. The van der Waals surface area contributed by atoms with Gasteiger partial charge in [-0.15, -0.1) is 0 Å². The number of thiocarbonyl (C=S) groups is 1. The highest BCUT2D eigenvalue weighted by Gasteiger charge is 2.31. The van der Waals surface area contributed by atoms with Crippen LogP contribution >= 0.6 is 35.4 Å². The molecule has 0 radical (unpaired) electrons. The van der Waals surface area contributed by atoms with Gasteiger partial charge in [-0.3, -0.25) is 0 Å². The lowest BCUT2D eigenvalue weighted by Crippen LogP contribution is -2.28. The van der Waals surface area contributed by atoms with Crippen LogP contribution in [0.4, 0.5) is 0 Å². The highest BCUT2D eigenvalue weighted by atomic mass is 35.5. The predicted molar refractivity (Wildman–Crippen MR) is 96.6 cm³/mol. The number of aromatic hydroxyl groups is 1. The molecule has 0 aliphatic carbocycles. The molecule has 1 aromatic heterocycles. The minimum Gasteiger partial charge on any atom is -0.508 e. The van der Waals surface area contributed by atoms with Gasteiger partial charge in [0.15, 0.2) is 0 Å². The molecule has 2 aromatic rings. The fourth-order valence-electron chi connectivity index (χ4n) is 2.99. The lowest BCUT2D eigenvalue weighted by Gasteiger charge is -2.20. The average molecular weight is 370 g/mol. The number of nitrogens with zero attached hydrogens (tertiary/aromatic N) is 3. The maximum atomic E-state index is 10.1. The molecule has 1 N–H and O–H groups in total. The second-order valence-corrected chi connectivity index (χ2v) is 6.96. The summed E-state index contributed by atoms with van der Waals surface area (Å²) in [7, 11) is 0. The van der Waals surface area contributed by atoms with Crippen LogP contribution in [0.2, 0.25) is 10.0 Å². The van der Waals surface area contributed by atoms with Gasteiger partial charge < -0.3 is 14.6 Å². The van der Waals surface area contributed by atoms with Gasteiger partial charge in [-0.05, 0) is 19.1 Å². The lowest BCUT2D eigenvalue weighted by molar-refractivity contribution is 0.404. The van der Waals surface area contributed by atoms with E-state index in [0.29, 0.717) is 22.0 Å². The Kier molecular flexibility index (Phi) is 4.80. The largest absolute Gasteiger partial charge is 0.508 e. The summed E-state index contributed by atoms with van der Waals surface area (Å²) in [6.07, 6.45) is 4.46. The summed E-state index contributed by atoms with van der Waals surface area (Å²) in [5, 5.41) is 11.0. The molecule has 4 nitrogen and oxygen atoms in total. The molecule has 23 heavy (non-hydrogen) atoms. The van der Waals surface area contributed by atoms with Crippen molar-refractivity contribution in [2.24, 2.45) is 0 Å². The molecule has 2 heterocycles. The van der Waals surface area contributed by atoms with E-state index in [1.54, 1.807) is 18.3 Å². The van der Waals surface area contributed by atoms with E-state index in [9.17, 15) is 5.11 Å². The Balaban J connectivity index is 1.73. The number of rotatable bonds is 4. The van der Waals surface area contributed by atoms with Crippen LogP contribution in [0, 0.1) is 6.92 Å². The number of benzene rings is 1. The van der Waals surface area contributed by atoms with Crippen LogP contribution in [0.15, 0.2) is 24.5 Å². The van der Waals surface area contributed by atoms with Crippen molar-refractivity contribution < 1.29 is 5.11 Å². The minimum absolute atomic E-state index is 0.0672. The number of aromatic nitrogens is 2. The van der Waals surface area contributed by atoms with E-state index in [1.165, 1.54) is 0 Å². The van der Waals surface area contributed by atoms with Gasteiger partial charge in [-0.2, -0.15) is 0 Å². The van der Waals surface area contributed by atoms with Crippen LogP contribution in [0.1, 0.15) is 23.7 Å². The summed E-state index contributed by atoms with van der Waals surface area (Å²) in [4.78, 5) is 7.28. The van der Waals surface area contributed by atoms with Crippen molar-refractivity contribution in [1.82, 2.24) is 14.5 Å². The highest BCUT2D eigenvalue weighted by molar-refractivity contribution is 7.80. The van der Waals surface area contributed by atoms with Crippen LogP contribution in [0.3, 0.4) is 0 Å². The van der Waals surface area contributed by atoms with Crippen LogP contribution in [0.5, 0.6) is 5.75 Å². The SMILES string of the molecule is Cc1nccn1CCN1CC(c2c(O)ccc(Cl)c2Cl)CC1=S. The van der Waals surface area contributed by atoms with E-state index in [0.717, 1.165) is 30.4 Å². The van der Waals surface area contributed by atoms with E-state index in [2.05, 4.69) is 14.5 Å². The zero-order valence-corrected chi connectivity index (χ0v) is 15.0. The van der Waals surface area contributed by atoms with Gasteiger partial charge in [0.2, 0.25) is 0 Å². The van der Waals surface area contributed by atoms with Gasteiger partial charge in [0, 0.05) is 49.9 Å². The molecule has 1 fully saturated rings. The zero-order valence-electron chi connectivity index (χ0n) is 12.7. The molecule has 1 aliphatic heterocycles. The molecule has 1 saturated heterocycles. The first kappa shape index (κ1) is 16.6. The quantitative estimate of drug-likeness (QED) is 0.826. The Bertz CT molecular complexity index is 747. The van der Waals surface area contributed by atoms with E-state index < -0.39 is 0 Å². The summed E-state index contributed by atoms with van der Waals surface area (Å²) in [6.45, 7) is 4.36. The molecule has 0 bridgehead atoms. The van der Waals surface area contributed by atoms with Crippen molar-refractivity contribution >= 4 is 40.4 Å². The Morgan fingerprint density at radius 1 is 1.35 bits per heavy atom. The fourth-order valence-corrected chi connectivity index (χ4v) is 3.84. The standard InChI is InChI=1S/C16H17Cl2N3OS/c1-10-19-4-5-20(10)6-7-21-9-11(8-14(21)23)15-13(22)3-2-12(17)16(15)18/h2-5,11,22H,6-9H2,1H3. The maximum Gasteiger partial charge on any atom is 0.120 e. The van der Waals surface area contributed by atoms with Crippen LogP contribution in [0.25, 0.3) is 0 Å². The summed E-state index contributed by atoms with van der Waals surface area (Å²) in [5.74, 6) is 1.24. The molecule has 1 atom stereocenters. The van der Waals surface area contributed by atoms with Crippen LogP contribution < -0.4 is 0 Å². The predicted octanol–water partition coefficient (Wildman–Crippen LogP) is 4.02. The number of phenolic OH excluding ortho intramolecular Hbond substituents is 1. The van der Waals surface area contributed by atoms with Gasteiger partial charge in [-0.1, -0.05) is 35.4 Å². The number of likely N-dealkylation sites (tertiary alicyclic amines) is 1. The number of phenols is 1. The maximum absolute atomic E-state index is 10.1. The Morgan fingerprint density at radius 3 is 2.83 bits per heavy atom. The van der Waals surface area contributed by atoms with Crippen molar-refractivity contribution in [3.05, 3.63) is 46.0 Å². The number of halogens is 2. The average Bonchev–Trinajstić information content (AvgIpc) is 3.07. The molecule has 0 saturated carbocycles. The van der Waals surface area contributed by atoms with Gasteiger partial charge in [0.25, 0.3) is 0 Å². The van der Waals surface area contributed by atoms with E-state index in [-0.39, 0.29) is 11.7 Å². The molecule has 1 aromatic carbocycles. The third-order valence-corrected chi connectivity index (χ3v) is 5.51. The molecule has 0 spiro atoms. The van der Waals surface area contributed by atoms with Gasteiger partial charge in [-0.25, -0.2) is 4.98 Å². The number of hydrogen-bond donors (Lipinski definition) is 1. The summed E-state index contributed by atoms with van der Waals surface area (Å²) in [5.41, 5.74) is 0.697. The third-order valence-electron chi connectivity index (χ3n) is 4.27. The fraction of sp³-hybridized carbons (Fsp3) is 0.375. The molecule has 1 aliphatic rings. The second kappa shape index (κ2) is 6.67. The molecular weight excluding hydrogens is 353 g/mol. The van der Waals surface area contributed by atoms with Crippen molar-refractivity contribution in [2.75, 3.05) is 13.1 Å². The van der Waals surface area contributed by atoms with E-state index >= 15 is 0 Å². The molecule has 0 amide bonds. The number of imidazole rings is 1. The summed E-state index contributed by atoms with van der Waals surface area (Å²) >= 11 is 17.9. The Hall–Kier alpha value is -1.30. The molecule has 7 heteroatoms. The normalized spacial score (nSPS) is 18.0. The van der Waals surface area contributed by atoms with Gasteiger partial charge in [0.1, 0.15) is 11.6 Å². The first-order valence-corrected chi connectivity index (χ1v) is 8.56. The third kappa shape index (κ3) is 3.32. The molecule has 3 rings (SSSR count). The Labute approximate surface area is 150 Å². The minimum atomic E-state index is 0.0672. The van der Waals surface area contributed by atoms with Gasteiger partial charge in [0.05, 0.1) is 15.0 Å². The molecule has 122 valence electrons.